The highest BCUT2D eigenvalue weighted by molar-refractivity contribution is 7.17. The van der Waals surface area contributed by atoms with E-state index in [1.165, 1.54) is 18.4 Å². The summed E-state index contributed by atoms with van der Waals surface area (Å²) < 4.78 is 4.75. The second-order valence-electron chi connectivity index (χ2n) is 5.92. The zero-order valence-electron chi connectivity index (χ0n) is 14.3. The van der Waals surface area contributed by atoms with E-state index in [-0.39, 0.29) is 12.3 Å². The minimum absolute atomic E-state index is 0.204. The summed E-state index contributed by atoms with van der Waals surface area (Å²) in [5.41, 5.74) is 7.57. The van der Waals surface area contributed by atoms with Gasteiger partial charge in [-0.15, -0.1) is 11.3 Å². The number of carbonyl (C=O) groups is 3. The molecule has 0 radical (unpaired) electrons. The summed E-state index contributed by atoms with van der Waals surface area (Å²) in [7, 11) is 1.33. The molecule has 0 bridgehead atoms. The van der Waals surface area contributed by atoms with Crippen LogP contribution in [0.1, 0.15) is 26.4 Å². The topological polar surface area (TPSA) is 102 Å². The zero-order valence-corrected chi connectivity index (χ0v) is 15.1. The number of methoxy groups -OCH3 is 1. The molecular formula is C18H19N3O4S. The number of rotatable bonds is 4. The Hall–Kier alpha value is -2.87. The summed E-state index contributed by atoms with van der Waals surface area (Å²) in [5.74, 6) is -0.800. The van der Waals surface area contributed by atoms with Gasteiger partial charge in [0.2, 0.25) is 5.91 Å². The fraction of sp³-hybridized carbons (Fsp3) is 0.278. The third-order valence-electron chi connectivity index (χ3n) is 4.20. The first-order valence-electron chi connectivity index (χ1n) is 8.10. The van der Waals surface area contributed by atoms with E-state index >= 15 is 0 Å². The average Bonchev–Trinajstić information content (AvgIpc) is 2.98. The van der Waals surface area contributed by atoms with Gasteiger partial charge in [0, 0.05) is 11.4 Å². The van der Waals surface area contributed by atoms with Crippen LogP contribution in [0.15, 0.2) is 30.3 Å². The van der Waals surface area contributed by atoms with E-state index in [1.807, 2.05) is 30.3 Å². The van der Waals surface area contributed by atoms with Crippen molar-refractivity contribution in [1.29, 1.82) is 0 Å². The maximum Gasteiger partial charge on any atom is 0.409 e. The predicted molar refractivity (Wildman–Crippen MR) is 98.1 cm³/mol. The molecule has 1 aliphatic heterocycles. The van der Waals surface area contributed by atoms with Crippen molar-refractivity contribution in [3.05, 3.63) is 51.9 Å². The van der Waals surface area contributed by atoms with Crippen molar-refractivity contribution in [2.45, 2.75) is 19.4 Å². The number of nitrogens with zero attached hydrogens (tertiary/aromatic N) is 1. The molecule has 26 heavy (non-hydrogen) atoms. The Labute approximate surface area is 154 Å². The lowest BCUT2D eigenvalue weighted by molar-refractivity contribution is -0.115. The zero-order chi connectivity index (χ0) is 18.7. The number of carbonyl (C=O) groups excluding carboxylic acids is 3. The molecule has 3 N–H and O–H groups in total. The Morgan fingerprint density at radius 3 is 2.65 bits per heavy atom. The third kappa shape index (κ3) is 3.70. The van der Waals surface area contributed by atoms with Gasteiger partial charge in [-0.2, -0.15) is 0 Å². The fourth-order valence-corrected chi connectivity index (χ4v) is 4.27. The highest BCUT2D eigenvalue weighted by Gasteiger charge is 2.29. The first kappa shape index (κ1) is 17.9. The van der Waals surface area contributed by atoms with E-state index in [9.17, 15) is 14.4 Å². The number of nitrogens with one attached hydrogen (secondary N) is 1. The van der Waals surface area contributed by atoms with Crippen LogP contribution in [-0.4, -0.2) is 36.5 Å². The molecule has 0 spiro atoms. The Kier molecular flexibility index (Phi) is 5.22. The summed E-state index contributed by atoms with van der Waals surface area (Å²) in [6, 6.07) is 9.34. The summed E-state index contributed by atoms with van der Waals surface area (Å²) in [6.07, 6.45) is 0.281. The normalized spacial score (nSPS) is 13.0. The number of anilines is 1. The number of benzene rings is 1. The molecule has 3 amide bonds. The summed E-state index contributed by atoms with van der Waals surface area (Å²) in [5, 5.41) is 3.24. The van der Waals surface area contributed by atoms with Crippen LogP contribution in [0.25, 0.3) is 0 Å². The second kappa shape index (κ2) is 7.57. The first-order valence-corrected chi connectivity index (χ1v) is 8.92. The lowest BCUT2D eigenvalue weighted by atomic mass is 10.0. The number of thiophene rings is 1. The molecule has 1 aliphatic rings. The Morgan fingerprint density at radius 2 is 2.00 bits per heavy atom. The number of amides is 3. The van der Waals surface area contributed by atoms with E-state index in [0.717, 1.165) is 16.0 Å². The Morgan fingerprint density at radius 1 is 1.27 bits per heavy atom. The molecule has 3 rings (SSSR count). The van der Waals surface area contributed by atoms with Crippen LogP contribution >= 0.6 is 11.3 Å². The average molecular weight is 373 g/mol. The maximum atomic E-state index is 12.3. The molecule has 0 atom stereocenters. The molecule has 0 fully saturated rings. The molecule has 2 aromatic rings. The molecule has 0 saturated heterocycles. The van der Waals surface area contributed by atoms with Gasteiger partial charge in [-0.3, -0.25) is 9.59 Å². The van der Waals surface area contributed by atoms with Gasteiger partial charge in [0.05, 0.1) is 25.6 Å². The Bertz CT molecular complexity index is 848. The quantitative estimate of drug-likeness (QED) is 0.857. The van der Waals surface area contributed by atoms with Gasteiger partial charge >= 0.3 is 6.09 Å². The summed E-state index contributed by atoms with van der Waals surface area (Å²) in [6.45, 7) is 0.773. The maximum absolute atomic E-state index is 12.3. The number of ether oxygens (including phenoxy) is 1. The second-order valence-corrected chi connectivity index (χ2v) is 7.03. The van der Waals surface area contributed by atoms with Crippen LogP contribution in [0, 0.1) is 0 Å². The van der Waals surface area contributed by atoms with E-state index in [1.54, 1.807) is 4.90 Å². The molecule has 0 saturated carbocycles. The minimum atomic E-state index is -0.580. The van der Waals surface area contributed by atoms with E-state index in [0.29, 0.717) is 30.1 Å². The highest BCUT2D eigenvalue weighted by atomic mass is 32.1. The SMILES string of the molecule is COC(=O)N1CCc2c(sc(NC(=O)Cc3ccccc3)c2C(N)=O)C1. The van der Waals surface area contributed by atoms with Crippen LogP contribution in [-0.2, 0) is 28.9 Å². The molecule has 2 heterocycles. The molecule has 0 aliphatic carbocycles. The lowest BCUT2D eigenvalue weighted by Gasteiger charge is -2.25. The van der Waals surface area contributed by atoms with Crippen molar-refractivity contribution >= 4 is 34.2 Å². The Balaban J connectivity index is 1.81. The first-order chi connectivity index (χ1) is 12.5. The van der Waals surface area contributed by atoms with Gasteiger partial charge in [-0.25, -0.2) is 4.79 Å². The van der Waals surface area contributed by atoms with Crippen molar-refractivity contribution in [3.8, 4) is 0 Å². The summed E-state index contributed by atoms with van der Waals surface area (Å²) in [4.78, 5) is 38.4. The molecule has 136 valence electrons. The van der Waals surface area contributed by atoms with Crippen molar-refractivity contribution in [1.82, 2.24) is 4.90 Å². The van der Waals surface area contributed by atoms with Gasteiger partial charge < -0.3 is 20.7 Å². The number of primary amides is 1. The van der Waals surface area contributed by atoms with Crippen LogP contribution in [0.5, 0.6) is 0 Å². The van der Waals surface area contributed by atoms with Gasteiger partial charge in [0.1, 0.15) is 5.00 Å². The molecule has 1 aromatic heterocycles. The molecule has 1 aromatic carbocycles. The lowest BCUT2D eigenvalue weighted by Crippen LogP contribution is -2.35. The number of hydrogen-bond donors (Lipinski definition) is 2. The van der Waals surface area contributed by atoms with E-state index in [2.05, 4.69) is 5.32 Å². The summed E-state index contributed by atoms with van der Waals surface area (Å²) >= 11 is 1.28. The predicted octanol–water partition coefficient (Wildman–Crippen LogP) is 2.15. The number of fused-ring (bicyclic) bond motifs is 1. The van der Waals surface area contributed by atoms with Crippen LogP contribution in [0.2, 0.25) is 0 Å². The van der Waals surface area contributed by atoms with Crippen molar-refractivity contribution in [2.24, 2.45) is 5.73 Å². The van der Waals surface area contributed by atoms with Gasteiger partial charge in [-0.1, -0.05) is 30.3 Å². The molecule has 7 nitrogen and oxygen atoms in total. The molecule has 0 unspecified atom stereocenters. The van der Waals surface area contributed by atoms with Gasteiger partial charge in [0.25, 0.3) is 5.91 Å². The van der Waals surface area contributed by atoms with Crippen LogP contribution in [0.3, 0.4) is 0 Å². The largest absolute Gasteiger partial charge is 0.453 e. The molecular weight excluding hydrogens is 354 g/mol. The number of nitrogens with two attached hydrogens (primary N) is 1. The fourth-order valence-electron chi connectivity index (χ4n) is 2.99. The van der Waals surface area contributed by atoms with E-state index < -0.39 is 12.0 Å². The van der Waals surface area contributed by atoms with Crippen molar-refractivity contribution < 1.29 is 19.1 Å². The highest BCUT2D eigenvalue weighted by Crippen LogP contribution is 2.37. The van der Waals surface area contributed by atoms with E-state index in [4.69, 9.17) is 10.5 Å². The van der Waals surface area contributed by atoms with Crippen molar-refractivity contribution in [3.63, 3.8) is 0 Å². The molecule has 8 heteroatoms. The monoisotopic (exact) mass is 373 g/mol. The third-order valence-corrected chi connectivity index (χ3v) is 5.33. The standard InChI is InChI=1S/C18H19N3O4S/c1-25-18(24)21-8-7-12-13(10-21)26-17(15(12)16(19)23)20-14(22)9-11-5-3-2-4-6-11/h2-6H,7-10H2,1H3,(H2,19,23)(H,20,22). The van der Waals surface area contributed by atoms with Gasteiger partial charge in [-0.05, 0) is 17.5 Å². The van der Waals surface area contributed by atoms with Gasteiger partial charge in [0.15, 0.2) is 0 Å². The number of hydrogen-bond acceptors (Lipinski definition) is 5. The van der Waals surface area contributed by atoms with Crippen molar-refractivity contribution in [2.75, 3.05) is 19.0 Å². The smallest absolute Gasteiger partial charge is 0.409 e. The van der Waals surface area contributed by atoms with Crippen LogP contribution in [0.4, 0.5) is 9.80 Å². The minimum Gasteiger partial charge on any atom is -0.453 e. The van der Waals surface area contributed by atoms with Crippen LogP contribution < -0.4 is 11.1 Å².